The van der Waals surface area contributed by atoms with E-state index in [9.17, 15) is 4.79 Å². The third-order valence-corrected chi connectivity index (χ3v) is 1.31. The molecule has 0 aromatic carbocycles. The number of hydrogen-bond acceptors (Lipinski definition) is 4. The zero-order valence-electron chi connectivity index (χ0n) is 8.33. The first-order valence-electron chi connectivity index (χ1n) is 4.08. The first-order valence-corrected chi connectivity index (χ1v) is 4.08. The van der Waals surface area contributed by atoms with Gasteiger partial charge in [-0.15, -0.1) is 0 Å². The van der Waals surface area contributed by atoms with Gasteiger partial charge in [-0.2, -0.15) is 0 Å². The van der Waals surface area contributed by atoms with Crippen molar-refractivity contribution in [2.75, 3.05) is 20.3 Å². The van der Waals surface area contributed by atoms with Crippen LogP contribution in [0.15, 0.2) is 12.2 Å². The Hall–Kier alpha value is -0.870. The lowest BCUT2D eigenvalue weighted by molar-refractivity contribution is -0.169. The molecule has 0 rings (SSSR count). The van der Waals surface area contributed by atoms with E-state index in [1.165, 1.54) is 7.11 Å². The Kier molecular flexibility index (Phi) is 6.18. The molecule has 1 atom stereocenters. The van der Waals surface area contributed by atoms with Gasteiger partial charge in [0.15, 0.2) is 6.29 Å². The summed E-state index contributed by atoms with van der Waals surface area (Å²) in [6, 6.07) is 0. The predicted octanol–water partition coefficient (Wildman–Crippen LogP) is 1.11. The zero-order valence-corrected chi connectivity index (χ0v) is 8.33. The van der Waals surface area contributed by atoms with Crippen LogP contribution >= 0.6 is 0 Å². The molecule has 4 nitrogen and oxygen atoms in total. The van der Waals surface area contributed by atoms with E-state index in [1.807, 2.05) is 6.92 Å². The summed E-state index contributed by atoms with van der Waals surface area (Å²) < 4.78 is 14.8. The van der Waals surface area contributed by atoms with Crippen LogP contribution in [0.5, 0.6) is 0 Å². The maximum absolute atomic E-state index is 10.9. The van der Waals surface area contributed by atoms with Crippen molar-refractivity contribution in [2.24, 2.45) is 0 Å². The summed E-state index contributed by atoms with van der Waals surface area (Å²) in [5, 5.41) is 0. The second kappa shape index (κ2) is 6.62. The number of hydrogen-bond donors (Lipinski definition) is 0. The summed E-state index contributed by atoms with van der Waals surface area (Å²) in [6.07, 6.45) is -0.492. The lowest BCUT2D eigenvalue weighted by Crippen LogP contribution is -2.24. The van der Waals surface area contributed by atoms with E-state index in [4.69, 9.17) is 14.2 Å². The SMILES string of the molecule is C=C(C)C(=O)OCC(OC)OCC. The first kappa shape index (κ1) is 12.1. The molecule has 0 N–H and O–H groups in total. The fraction of sp³-hybridized carbons (Fsp3) is 0.667. The molecule has 0 amide bonds. The highest BCUT2D eigenvalue weighted by molar-refractivity contribution is 5.86. The van der Waals surface area contributed by atoms with Crippen LogP contribution in [0.1, 0.15) is 13.8 Å². The Labute approximate surface area is 78.5 Å². The molecule has 0 saturated heterocycles. The average molecular weight is 188 g/mol. The second-order valence-corrected chi connectivity index (χ2v) is 2.50. The topological polar surface area (TPSA) is 44.8 Å². The van der Waals surface area contributed by atoms with Crippen LogP contribution in [0.2, 0.25) is 0 Å². The van der Waals surface area contributed by atoms with E-state index in [-0.39, 0.29) is 6.61 Å². The molecule has 0 saturated carbocycles. The fourth-order valence-electron chi connectivity index (χ4n) is 0.637. The van der Waals surface area contributed by atoms with Crippen molar-refractivity contribution in [2.45, 2.75) is 20.1 Å². The molecule has 0 aromatic rings. The Morgan fingerprint density at radius 2 is 2.15 bits per heavy atom. The van der Waals surface area contributed by atoms with Gasteiger partial charge < -0.3 is 14.2 Å². The van der Waals surface area contributed by atoms with E-state index in [0.29, 0.717) is 12.2 Å². The molecule has 0 radical (unpaired) electrons. The molecule has 4 heteroatoms. The third kappa shape index (κ3) is 5.38. The molecule has 0 aromatic heterocycles. The number of methoxy groups -OCH3 is 1. The summed E-state index contributed by atoms with van der Waals surface area (Å²) >= 11 is 0. The van der Waals surface area contributed by atoms with E-state index < -0.39 is 12.3 Å². The lowest BCUT2D eigenvalue weighted by atomic mass is 10.4. The van der Waals surface area contributed by atoms with Gasteiger partial charge in [0.1, 0.15) is 6.61 Å². The summed E-state index contributed by atoms with van der Waals surface area (Å²) in [6.45, 7) is 7.49. The van der Waals surface area contributed by atoms with Crippen LogP contribution in [0, 0.1) is 0 Å². The molecule has 0 fully saturated rings. The molecule has 0 aliphatic heterocycles. The summed E-state index contributed by atoms with van der Waals surface area (Å²) in [7, 11) is 1.49. The van der Waals surface area contributed by atoms with Crippen LogP contribution in [-0.4, -0.2) is 32.6 Å². The highest BCUT2D eigenvalue weighted by atomic mass is 16.7. The maximum Gasteiger partial charge on any atom is 0.333 e. The van der Waals surface area contributed by atoms with E-state index >= 15 is 0 Å². The molecular formula is C9H16O4. The Balaban J connectivity index is 3.71. The minimum Gasteiger partial charge on any atom is -0.457 e. The Morgan fingerprint density at radius 1 is 1.54 bits per heavy atom. The molecule has 13 heavy (non-hydrogen) atoms. The van der Waals surface area contributed by atoms with Gasteiger partial charge in [0, 0.05) is 19.3 Å². The number of ether oxygens (including phenoxy) is 3. The van der Waals surface area contributed by atoms with E-state index in [1.54, 1.807) is 6.92 Å². The highest BCUT2D eigenvalue weighted by Crippen LogP contribution is 1.97. The normalized spacial score (nSPS) is 12.2. The van der Waals surface area contributed by atoms with Gasteiger partial charge in [0.2, 0.25) is 0 Å². The number of carbonyl (C=O) groups is 1. The van der Waals surface area contributed by atoms with Gasteiger partial charge in [0.05, 0.1) is 0 Å². The number of rotatable bonds is 6. The smallest absolute Gasteiger partial charge is 0.333 e. The Bertz CT molecular complexity index is 176. The molecule has 0 aliphatic rings. The summed E-state index contributed by atoms with van der Waals surface area (Å²) in [4.78, 5) is 10.9. The van der Waals surface area contributed by atoms with Crippen LogP contribution in [0.25, 0.3) is 0 Å². The molecule has 0 heterocycles. The minimum atomic E-state index is -0.492. The van der Waals surface area contributed by atoms with E-state index in [0.717, 1.165) is 0 Å². The molecule has 0 bridgehead atoms. The molecular weight excluding hydrogens is 172 g/mol. The maximum atomic E-state index is 10.9. The van der Waals surface area contributed by atoms with Gasteiger partial charge in [-0.05, 0) is 13.8 Å². The van der Waals surface area contributed by atoms with Crippen LogP contribution in [0.4, 0.5) is 0 Å². The first-order chi connectivity index (χ1) is 6.11. The molecule has 76 valence electrons. The van der Waals surface area contributed by atoms with Gasteiger partial charge in [0.25, 0.3) is 0 Å². The zero-order chi connectivity index (χ0) is 10.3. The largest absolute Gasteiger partial charge is 0.457 e. The van der Waals surface area contributed by atoms with Gasteiger partial charge >= 0.3 is 5.97 Å². The van der Waals surface area contributed by atoms with Gasteiger partial charge in [-0.25, -0.2) is 4.79 Å². The van der Waals surface area contributed by atoms with Crippen molar-refractivity contribution >= 4 is 5.97 Å². The predicted molar refractivity (Wildman–Crippen MR) is 48.2 cm³/mol. The van der Waals surface area contributed by atoms with Crippen LogP contribution < -0.4 is 0 Å². The lowest BCUT2D eigenvalue weighted by Gasteiger charge is -2.14. The van der Waals surface area contributed by atoms with Crippen molar-refractivity contribution in [3.63, 3.8) is 0 Å². The van der Waals surface area contributed by atoms with Crippen molar-refractivity contribution in [1.82, 2.24) is 0 Å². The molecule has 0 aliphatic carbocycles. The standard InChI is InChI=1S/C9H16O4/c1-5-12-8(11-4)6-13-9(10)7(2)3/h8H,2,5-6H2,1,3-4H3. The van der Waals surface area contributed by atoms with E-state index in [2.05, 4.69) is 6.58 Å². The minimum absolute atomic E-state index is 0.0933. The average Bonchev–Trinajstić information content (AvgIpc) is 2.11. The Morgan fingerprint density at radius 3 is 2.54 bits per heavy atom. The van der Waals surface area contributed by atoms with Crippen LogP contribution in [0.3, 0.4) is 0 Å². The summed E-state index contributed by atoms with van der Waals surface area (Å²) in [5.41, 5.74) is 0.367. The fourth-order valence-corrected chi connectivity index (χ4v) is 0.637. The van der Waals surface area contributed by atoms with Crippen molar-refractivity contribution in [1.29, 1.82) is 0 Å². The number of carbonyl (C=O) groups excluding carboxylic acids is 1. The number of esters is 1. The second-order valence-electron chi connectivity index (χ2n) is 2.50. The third-order valence-electron chi connectivity index (χ3n) is 1.31. The van der Waals surface area contributed by atoms with Crippen molar-refractivity contribution < 1.29 is 19.0 Å². The van der Waals surface area contributed by atoms with Gasteiger partial charge in [-0.1, -0.05) is 6.58 Å². The van der Waals surface area contributed by atoms with Crippen LogP contribution in [-0.2, 0) is 19.0 Å². The van der Waals surface area contributed by atoms with Crippen molar-refractivity contribution in [3.05, 3.63) is 12.2 Å². The highest BCUT2D eigenvalue weighted by Gasteiger charge is 2.10. The van der Waals surface area contributed by atoms with Crippen molar-refractivity contribution in [3.8, 4) is 0 Å². The molecule has 0 spiro atoms. The molecule has 1 unspecified atom stereocenters. The van der Waals surface area contributed by atoms with Gasteiger partial charge in [-0.3, -0.25) is 0 Å². The summed E-state index contributed by atoms with van der Waals surface area (Å²) in [5.74, 6) is -0.429. The monoisotopic (exact) mass is 188 g/mol. The quantitative estimate of drug-likeness (QED) is 0.356.